The van der Waals surface area contributed by atoms with Crippen molar-refractivity contribution < 1.29 is 4.79 Å². The van der Waals surface area contributed by atoms with E-state index >= 15 is 0 Å². The van der Waals surface area contributed by atoms with E-state index in [0.717, 1.165) is 17.0 Å². The summed E-state index contributed by atoms with van der Waals surface area (Å²) in [6.45, 7) is 5.70. The van der Waals surface area contributed by atoms with Crippen LogP contribution in [0.5, 0.6) is 0 Å². The van der Waals surface area contributed by atoms with E-state index in [4.69, 9.17) is 18.0 Å². The van der Waals surface area contributed by atoms with E-state index in [9.17, 15) is 4.79 Å². The van der Waals surface area contributed by atoms with Crippen molar-refractivity contribution in [3.05, 3.63) is 47.5 Å². The Labute approximate surface area is 129 Å². The molecule has 21 heavy (non-hydrogen) atoms. The molecule has 6 heteroatoms. The van der Waals surface area contributed by atoms with Gasteiger partial charge >= 0.3 is 0 Å². The number of imidazole rings is 1. The molecule has 0 fully saturated rings. The third kappa shape index (κ3) is 3.28. The average molecular weight is 302 g/mol. The normalized spacial score (nSPS) is 12.0. The summed E-state index contributed by atoms with van der Waals surface area (Å²) in [4.78, 5) is 16.9. The number of carbonyl (C=O) groups is 1. The first-order valence-corrected chi connectivity index (χ1v) is 7.01. The summed E-state index contributed by atoms with van der Waals surface area (Å²) in [5.41, 5.74) is 8.90. The lowest BCUT2D eigenvalue weighted by atomic mass is 10.2. The minimum atomic E-state index is -0.348. The van der Waals surface area contributed by atoms with Crippen LogP contribution in [0.1, 0.15) is 29.9 Å². The van der Waals surface area contributed by atoms with Crippen LogP contribution in [0, 0.1) is 13.8 Å². The second kappa shape index (κ2) is 6.05. The van der Waals surface area contributed by atoms with Crippen LogP contribution in [0.15, 0.2) is 30.6 Å². The molecule has 2 rings (SSSR count). The molecule has 1 unspecified atom stereocenters. The first-order chi connectivity index (χ1) is 9.90. The van der Waals surface area contributed by atoms with Crippen LogP contribution in [0.4, 0.5) is 5.69 Å². The Morgan fingerprint density at radius 1 is 1.43 bits per heavy atom. The lowest BCUT2D eigenvalue weighted by molar-refractivity contribution is -0.118. The highest BCUT2D eigenvalue weighted by molar-refractivity contribution is 7.80. The Balaban J connectivity index is 2.16. The molecule has 0 radical (unpaired) electrons. The van der Waals surface area contributed by atoms with Gasteiger partial charge in [-0.3, -0.25) is 4.79 Å². The summed E-state index contributed by atoms with van der Waals surface area (Å²) in [6.07, 6.45) is 1.68. The average Bonchev–Trinajstić information content (AvgIpc) is 2.78. The molecule has 1 atom stereocenters. The zero-order chi connectivity index (χ0) is 15.6. The monoisotopic (exact) mass is 302 g/mol. The van der Waals surface area contributed by atoms with E-state index in [1.807, 2.05) is 31.4 Å². The van der Waals surface area contributed by atoms with Crippen LogP contribution in [0.3, 0.4) is 0 Å². The van der Waals surface area contributed by atoms with Crippen LogP contribution in [0.2, 0.25) is 0 Å². The highest BCUT2D eigenvalue weighted by Crippen LogP contribution is 2.16. The predicted molar refractivity (Wildman–Crippen MR) is 87.4 cm³/mol. The molecule has 0 saturated carbocycles. The zero-order valence-electron chi connectivity index (χ0n) is 12.3. The molecule has 110 valence electrons. The van der Waals surface area contributed by atoms with Gasteiger partial charge in [-0.05, 0) is 32.9 Å². The second-order valence-corrected chi connectivity index (χ2v) is 5.37. The van der Waals surface area contributed by atoms with Gasteiger partial charge in [0.2, 0.25) is 5.91 Å². The van der Waals surface area contributed by atoms with Gasteiger partial charge in [0.1, 0.15) is 11.0 Å². The summed E-state index contributed by atoms with van der Waals surface area (Å²) in [5, 5.41) is 2.87. The number of nitrogens with two attached hydrogens (primary N) is 1. The molecule has 2 aromatic rings. The van der Waals surface area contributed by atoms with Crippen LogP contribution in [0.25, 0.3) is 0 Å². The topological polar surface area (TPSA) is 72.9 Å². The number of anilines is 1. The molecule has 1 aromatic carbocycles. The molecule has 1 heterocycles. The van der Waals surface area contributed by atoms with Gasteiger partial charge < -0.3 is 15.6 Å². The fourth-order valence-corrected chi connectivity index (χ4v) is 2.16. The summed E-state index contributed by atoms with van der Waals surface area (Å²) in [6, 6.07) is 6.84. The first kappa shape index (κ1) is 15.2. The minimum absolute atomic E-state index is 0.115. The van der Waals surface area contributed by atoms with Crippen molar-refractivity contribution in [1.29, 1.82) is 0 Å². The van der Waals surface area contributed by atoms with Crippen molar-refractivity contribution >= 4 is 28.8 Å². The van der Waals surface area contributed by atoms with Gasteiger partial charge in [0.05, 0.1) is 12.0 Å². The van der Waals surface area contributed by atoms with Gasteiger partial charge in [-0.2, -0.15) is 0 Å². The van der Waals surface area contributed by atoms with E-state index in [0.29, 0.717) is 10.7 Å². The number of benzene rings is 1. The van der Waals surface area contributed by atoms with Gasteiger partial charge in [-0.1, -0.05) is 24.4 Å². The number of aromatic nitrogens is 2. The van der Waals surface area contributed by atoms with Crippen molar-refractivity contribution in [1.82, 2.24) is 9.55 Å². The molecule has 0 spiro atoms. The fraction of sp³-hybridized carbons (Fsp3) is 0.267. The highest BCUT2D eigenvalue weighted by atomic mass is 32.1. The van der Waals surface area contributed by atoms with Crippen molar-refractivity contribution in [3.8, 4) is 0 Å². The van der Waals surface area contributed by atoms with Gasteiger partial charge in [-0.15, -0.1) is 0 Å². The van der Waals surface area contributed by atoms with Crippen molar-refractivity contribution in [2.24, 2.45) is 5.73 Å². The molecular weight excluding hydrogens is 284 g/mol. The molecular formula is C15H18N4OS. The van der Waals surface area contributed by atoms with Crippen molar-refractivity contribution in [3.63, 3.8) is 0 Å². The lowest BCUT2D eigenvalue weighted by Crippen LogP contribution is -2.24. The number of amides is 1. The van der Waals surface area contributed by atoms with Gasteiger partial charge in [0, 0.05) is 16.9 Å². The number of carbonyl (C=O) groups excluding carboxylic acids is 1. The summed E-state index contributed by atoms with van der Waals surface area (Å²) < 4.78 is 1.85. The second-order valence-electron chi connectivity index (χ2n) is 4.93. The number of nitrogens with zero attached hydrogens (tertiary/aromatic N) is 2. The largest absolute Gasteiger partial charge is 0.389 e. The molecule has 5 nitrogen and oxygen atoms in total. The SMILES string of the molecule is Cc1ncn(C(C)C(=O)Nc2cccc(C(N)=S)c2)c1C. The molecule has 0 saturated heterocycles. The molecule has 1 aromatic heterocycles. The van der Waals surface area contributed by atoms with E-state index in [1.165, 1.54) is 0 Å². The molecule has 1 amide bonds. The van der Waals surface area contributed by atoms with Crippen LogP contribution >= 0.6 is 12.2 Å². The molecule has 0 bridgehead atoms. The summed E-state index contributed by atoms with van der Waals surface area (Å²) in [7, 11) is 0. The Morgan fingerprint density at radius 3 is 2.71 bits per heavy atom. The Hall–Kier alpha value is -2.21. The molecule has 3 N–H and O–H groups in total. The van der Waals surface area contributed by atoms with Crippen molar-refractivity contribution in [2.45, 2.75) is 26.8 Å². The first-order valence-electron chi connectivity index (χ1n) is 6.61. The Morgan fingerprint density at radius 2 is 2.14 bits per heavy atom. The number of hydrogen-bond acceptors (Lipinski definition) is 3. The van der Waals surface area contributed by atoms with E-state index in [-0.39, 0.29) is 11.9 Å². The fourth-order valence-electron chi connectivity index (χ4n) is 2.03. The number of hydrogen-bond donors (Lipinski definition) is 2. The van der Waals surface area contributed by atoms with Gasteiger partial charge in [-0.25, -0.2) is 4.98 Å². The van der Waals surface area contributed by atoms with E-state index in [2.05, 4.69) is 10.3 Å². The number of thiocarbonyl (C=S) groups is 1. The minimum Gasteiger partial charge on any atom is -0.389 e. The van der Waals surface area contributed by atoms with E-state index in [1.54, 1.807) is 24.5 Å². The molecule has 0 aliphatic carbocycles. The van der Waals surface area contributed by atoms with Crippen LogP contribution in [-0.2, 0) is 4.79 Å². The zero-order valence-corrected chi connectivity index (χ0v) is 13.1. The van der Waals surface area contributed by atoms with Crippen LogP contribution in [-0.4, -0.2) is 20.4 Å². The maximum absolute atomic E-state index is 12.3. The third-order valence-corrected chi connectivity index (χ3v) is 3.73. The number of nitrogens with one attached hydrogen (secondary N) is 1. The number of aryl methyl sites for hydroxylation is 1. The quantitative estimate of drug-likeness (QED) is 0.850. The summed E-state index contributed by atoms with van der Waals surface area (Å²) in [5.74, 6) is -0.115. The lowest BCUT2D eigenvalue weighted by Gasteiger charge is -2.15. The summed E-state index contributed by atoms with van der Waals surface area (Å²) >= 11 is 4.94. The molecule has 0 aliphatic heterocycles. The van der Waals surface area contributed by atoms with Crippen molar-refractivity contribution in [2.75, 3.05) is 5.32 Å². The number of rotatable bonds is 4. The Bertz CT molecular complexity index is 693. The van der Waals surface area contributed by atoms with E-state index < -0.39 is 0 Å². The predicted octanol–water partition coefficient (Wildman–Crippen LogP) is 2.33. The standard InChI is InChI=1S/C15H18N4OS/c1-9-10(2)19(8-17-9)11(3)15(20)18-13-6-4-5-12(7-13)14(16)21/h4-8,11H,1-3H3,(H2,16,21)(H,18,20). The molecule has 0 aliphatic rings. The van der Waals surface area contributed by atoms with Crippen LogP contribution < -0.4 is 11.1 Å². The van der Waals surface area contributed by atoms with Gasteiger partial charge in [0.15, 0.2) is 0 Å². The Kier molecular flexibility index (Phi) is 4.37. The highest BCUT2D eigenvalue weighted by Gasteiger charge is 2.17. The maximum atomic E-state index is 12.3. The third-order valence-electron chi connectivity index (χ3n) is 3.50. The van der Waals surface area contributed by atoms with Gasteiger partial charge in [0.25, 0.3) is 0 Å². The smallest absolute Gasteiger partial charge is 0.247 e. The maximum Gasteiger partial charge on any atom is 0.247 e.